The molecule has 16 heavy (non-hydrogen) atoms. The summed E-state index contributed by atoms with van der Waals surface area (Å²) < 4.78 is 14.9. The second-order valence-corrected chi connectivity index (χ2v) is 3.23. The lowest BCUT2D eigenvalue weighted by molar-refractivity contribution is 0.0529. The summed E-state index contributed by atoms with van der Waals surface area (Å²) in [5.74, 6) is -0.125. The van der Waals surface area contributed by atoms with Gasteiger partial charge in [-0.1, -0.05) is 6.08 Å². The molecule has 0 saturated carbocycles. The van der Waals surface area contributed by atoms with Crippen LogP contribution in [-0.2, 0) is 4.74 Å². The van der Waals surface area contributed by atoms with Crippen molar-refractivity contribution in [3.8, 4) is 5.75 Å². The number of allylic oxidation sites excluding steroid dienone is 1. The molecular formula is C11H10O5. The van der Waals surface area contributed by atoms with Gasteiger partial charge in [-0.15, -0.1) is 0 Å². The SMILES string of the molecule is C/C=C1\COC(=O)c2c(OC)cc(=O)oc21. The predicted molar refractivity (Wildman–Crippen MR) is 55.5 cm³/mol. The summed E-state index contributed by atoms with van der Waals surface area (Å²) in [5, 5.41) is 0. The van der Waals surface area contributed by atoms with E-state index in [9.17, 15) is 9.59 Å². The van der Waals surface area contributed by atoms with Crippen LogP contribution in [0.25, 0.3) is 5.57 Å². The fraction of sp³-hybridized carbons (Fsp3) is 0.273. The van der Waals surface area contributed by atoms with E-state index in [0.29, 0.717) is 5.57 Å². The van der Waals surface area contributed by atoms with Crippen molar-refractivity contribution >= 4 is 11.5 Å². The maximum absolute atomic E-state index is 11.5. The molecule has 0 unspecified atom stereocenters. The number of fused-ring (bicyclic) bond motifs is 1. The molecular weight excluding hydrogens is 212 g/mol. The molecule has 2 heterocycles. The summed E-state index contributed by atoms with van der Waals surface area (Å²) in [6.07, 6.45) is 1.73. The van der Waals surface area contributed by atoms with Crippen molar-refractivity contribution in [1.82, 2.24) is 0 Å². The minimum absolute atomic E-state index is 0.110. The Morgan fingerprint density at radius 1 is 1.44 bits per heavy atom. The number of carbonyl (C=O) groups excluding carboxylic acids is 1. The highest BCUT2D eigenvalue weighted by Gasteiger charge is 2.29. The maximum atomic E-state index is 11.5. The number of methoxy groups -OCH3 is 1. The molecule has 0 bridgehead atoms. The molecule has 0 aliphatic carbocycles. The van der Waals surface area contributed by atoms with E-state index in [1.54, 1.807) is 13.0 Å². The number of esters is 1. The molecule has 0 fully saturated rings. The zero-order chi connectivity index (χ0) is 11.7. The summed E-state index contributed by atoms with van der Waals surface area (Å²) in [4.78, 5) is 22.8. The Bertz CT molecular complexity index is 524. The molecule has 0 aromatic carbocycles. The van der Waals surface area contributed by atoms with Gasteiger partial charge in [0.15, 0.2) is 5.76 Å². The largest absolute Gasteiger partial charge is 0.495 e. The number of hydrogen-bond acceptors (Lipinski definition) is 5. The fourth-order valence-electron chi connectivity index (χ4n) is 1.55. The van der Waals surface area contributed by atoms with Crippen LogP contribution >= 0.6 is 0 Å². The molecule has 0 amide bonds. The molecule has 1 aromatic rings. The minimum Gasteiger partial charge on any atom is -0.495 e. The molecule has 0 N–H and O–H groups in total. The molecule has 0 radical (unpaired) electrons. The van der Waals surface area contributed by atoms with E-state index in [-0.39, 0.29) is 23.7 Å². The monoisotopic (exact) mass is 222 g/mol. The van der Waals surface area contributed by atoms with E-state index in [4.69, 9.17) is 13.9 Å². The Balaban J connectivity index is 2.77. The second-order valence-electron chi connectivity index (χ2n) is 3.23. The first-order valence-electron chi connectivity index (χ1n) is 4.72. The zero-order valence-corrected chi connectivity index (χ0v) is 8.90. The average molecular weight is 222 g/mol. The van der Waals surface area contributed by atoms with Crippen molar-refractivity contribution in [2.45, 2.75) is 6.92 Å². The van der Waals surface area contributed by atoms with Gasteiger partial charge in [0.1, 0.15) is 17.9 Å². The van der Waals surface area contributed by atoms with Gasteiger partial charge in [-0.05, 0) is 6.92 Å². The first-order valence-corrected chi connectivity index (χ1v) is 4.72. The van der Waals surface area contributed by atoms with Crippen LogP contribution in [0.4, 0.5) is 0 Å². The highest BCUT2D eigenvalue weighted by Crippen LogP contribution is 2.30. The molecule has 84 valence electrons. The quantitative estimate of drug-likeness (QED) is 0.668. The van der Waals surface area contributed by atoms with Crippen LogP contribution in [0.1, 0.15) is 23.0 Å². The van der Waals surface area contributed by atoms with Gasteiger partial charge in [-0.25, -0.2) is 9.59 Å². The molecule has 1 aromatic heterocycles. The first kappa shape index (κ1) is 10.5. The van der Waals surface area contributed by atoms with E-state index < -0.39 is 11.6 Å². The Morgan fingerprint density at radius 2 is 2.19 bits per heavy atom. The Hall–Kier alpha value is -2.04. The Morgan fingerprint density at radius 3 is 2.81 bits per heavy atom. The van der Waals surface area contributed by atoms with E-state index >= 15 is 0 Å². The third-order valence-electron chi connectivity index (χ3n) is 2.35. The van der Waals surface area contributed by atoms with Gasteiger partial charge in [-0.3, -0.25) is 0 Å². The highest BCUT2D eigenvalue weighted by molar-refractivity contribution is 5.99. The topological polar surface area (TPSA) is 65.7 Å². The lowest BCUT2D eigenvalue weighted by atomic mass is 10.1. The Kier molecular flexibility index (Phi) is 2.52. The lowest BCUT2D eigenvalue weighted by Crippen LogP contribution is -2.20. The fourth-order valence-corrected chi connectivity index (χ4v) is 1.55. The molecule has 0 atom stereocenters. The molecule has 5 heteroatoms. The van der Waals surface area contributed by atoms with Crippen LogP contribution in [0.5, 0.6) is 5.75 Å². The van der Waals surface area contributed by atoms with Gasteiger partial charge in [0.25, 0.3) is 0 Å². The predicted octanol–water partition coefficient (Wildman–Crippen LogP) is 1.22. The average Bonchev–Trinajstić information content (AvgIpc) is 2.28. The van der Waals surface area contributed by atoms with Crippen molar-refractivity contribution in [3.63, 3.8) is 0 Å². The maximum Gasteiger partial charge on any atom is 0.346 e. The number of rotatable bonds is 1. The van der Waals surface area contributed by atoms with Gasteiger partial charge in [0.05, 0.1) is 13.2 Å². The van der Waals surface area contributed by atoms with Gasteiger partial charge >= 0.3 is 11.6 Å². The van der Waals surface area contributed by atoms with Crippen LogP contribution in [0.2, 0.25) is 0 Å². The second kappa shape index (κ2) is 3.84. The van der Waals surface area contributed by atoms with Gasteiger partial charge in [-0.2, -0.15) is 0 Å². The summed E-state index contributed by atoms with van der Waals surface area (Å²) in [5.41, 5.74) is 0.275. The normalized spacial score (nSPS) is 16.9. The number of ether oxygens (including phenoxy) is 2. The van der Waals surface area contributed by atoms with E-state index in [1.165, 1.54) is 7.11 Å². The van der Waals surface area contributed by atoms with Crippen molar-refractivity contribution in [3.05, 3.63) is 33.9 Å². The molecule has 1 aliphatic heterocycles. The zero-order valence-electron chi connectivity index (χ0n) is 8.90. The number of cyclic esters (lactones) is 1. The molecule has 5 nitrogen and oxygen atoms in total. The van der Waals surface area contributed by atoms with E-state index in [2.05, 4.69) is 0 Å². The van der Waals surface area contributed by atoms with Gasteiger partial charge in [0.2, 0.25) is 0 Å². The molecule has 0 spiro atoms. The van der Waals surface area contributed by atoms with Crippen LogP contribution in [-0.4, -0.2) is 19.7 Å². The molecule has 0 saturated heterocycles. The van der Waals surface area contributed by atoms with Gasteiger partial charge in [0, 0.05) is 5.57 Å². The van der Waals surface area contributed by atoms with Crippen LogP contribution in [0.15, 0.2) is 21.4 Å². The standard InChI is InChI=1S/C11H10O5/c1-3-6-5-15-11(13)9-7(14-2)4-8(12)16-10(6)9/h3-4H,5H2,1-2H3/b6-3+. The van der Waals surface area contributed by atoms with Crippen molar-refractivity contribution in [2.24, 2.45) is 0 Å². The third kappa shape index (κ3) is 1.50. The van der Waals surface area contributed by atoms with Crippen molar-refractivity contribution < 1.29 is 18.7 Å². The van der Waals surface area contributed by atoms with Crippen LogP contribution in [0, 0.1) is 0 Å². The summed E-state index contributed by atoms with van der Waals surface area (Å²) in [6, 6.07) is 1.12. The van der Waals surface area contributed by atoms with Gasteiger partial charge < -0.3 is 13.9 Å². The molecule has 1 aliphatic rings. The smallest absolute Gasteiger partial charge is 0.346 e. The lowest BCUT2D eigenvalue weighted by Gasteiger charge is -2.18. The molecule has 2 rings (SSSR count). The summed E-state index contributed by atoms with van der Waals surface area (Å²) in [7, 11) is 1.38. The first-order chi connectivity index (χ1) is 7.67. The van der Waals surface area contributed by atoms with Crippen molar-refractivity contribution in [2.75, 3.05) is 13.7 Å². The van der Waals surface area contributed by atoms with E-state index in [0.717, 1.165) is 6.07 Å². The highest BCUT2D eigenvalue weighted by atomic mass is 16.5. The number of hydrogen-bond donors (Lipinski definition) is 0. The third-order valence-corrected chi connectivity index (χ3v) is 2.35. The number of carbonyl (C=O) groups is 1. The summed E-state index contributed by atoms with van der Waals surface area (Å²) in [6.45, 7) is 1.89. The van der Waals surface area contributed by atoms with Crippen LogP contribution < -0.4 is 10.4 Å². The summed E-state index contributed by atoms with van der Waals surface area (Å²) >= 11 is 0. The van der Waals surface area contributed by atoms with Crippen molar-refractivity contribution in [1.29, 1.82) is 0 Å². The van der Waals surface area contributed by atoms with E-state index in [1.807, 2.05) is 0 Å². The Labute approximate surface area is 91.3 Å². The van der Waals surface area contributed by atoms with Crippen LogP contribution in [0.3, 0.4) is 0 Å². The minimum atomic E-state index is -0.551.